The average Bonchev–Trinajstić information content (AvgIpc) is 3.05. The number of fused-ring (bicyclic) bond motifs is 1. The molecule has 1 fully saturated rings. The van der Waals surface area contributed by atoms with Crippen LogP contribution in [0.3, 0.4) is 0 Å². The van der Waals surface area contributed by atoms with Gasteiger partial charge in [0.05, 0.1) is 6.54 Å². The van der Waals surface area contributed by atoms with E-state index >= 15 is 0 Å². The van der Waals surface area contributed by atoms with Crippen LogP contribution in [0.4, 0.5) is 0 Å². The van der Waals surface area contributed by atoms with Gasteiger partial charge in [-0.3, -0.25) is 9.69 Å². The van der Waals surface area contributed by atoms with Crippen molar-refractivity contribution in [3.8, 4) is 0 Å². The molecule has 102 valence electrons. The van der Waals surface area contributed by atoms with Crippen molar-refractivity contribution in [2.45, 2.75) is 31.7 Å². The number of hydrogen-bond donors (Lipinski definition) is 1. The van der Waals surface area contributed by atoms with Crippen molar-refractivity contribution in [2.75, 3.05) is 13.1 Å². The molecule has 1 unspecified atom stereocenters. The van der Waals surface area contributed by atoms with Crippen LogP contribution in [0.2, 0.25) is 0 Å². The normalized spacial score (nSPS) is 21.7. The first kappa shape index (κ1) is 13.1. The maximum absolute atomic E-state index is 11.1. The Bertz CT molecular complexity index is 499. The van der Waals surface area contributed by atoms with Crippen LogP contribution < -0.4 is 0 Å². The van der Waals surface area contributed by atoms with E-state index in [2.05, 4.69) is 39.0 Å². The van der Waals surface area contributed by atoms with E-state index in [0.717, 1.165) is 29.8 Å². The Hall–Kier alpha value is -0.870. The lowest BCUT2D eigenvalue weighted by molar-refractivity contribution is -0.139. The lowest BCUT2D eigenvalue weighted by atomic mass is 10.1. The lowest BCUT2D eigenvalue weighted by Gasteiger charge is -2.28. The van der Waals surface area contributed by atoms with E-state index in [4.69, 9.17) is 5.11 Å². The van der Waals surface area contributed by atoms with Crippen molar-refractivity contribution in [2.24, 2.45) is 5.92 Å². The third kappa shape index (κ3) is 2.84. The Balaban J connectivity index is 1.83. The number of nitrogens with zero attached hydrogens (tertiary/aromatic N) is 1. The number of halogens is 1. The maximum Gasteiger partial charge on any atom is 0.317 e. The molecule has 2 aliphatic rings. The first-order valence-electron chi connectivity index (χ1n) is 6.88. The summed E-state index contributed by atoms with van der Waals surface area (Å²) in [5.41, 5.74) is 2.68. The van der Waals surface area contributed by atoms with E-state index in [9.17, 15) is 4.79 Å². The molecule has 1 aromatic carbocycles. The Morgan fingerprint density at radius 1 is 1.37 bits per heavy atom. The van der Waals surface area contributed by atoms with E-state index in [1.165, 1.54) is 24.0 Å². The van der Waals surface area contributed by atoms with Crippen molar-refractivity contribution in [3.05, 3.63) is 33.8 Å². The summed E-state index contributed by atoms with van der Waals surface area (Å²) in [6.45, 7) is 1.09. The maximum atomic E-state index is 11.1. The highest BCUT2D eigenvalue weighted by Crippen LogP contribution is 2.41. The zero-order chi connectivity index (χ0) is 13.4. The molecule has 3 nitrogen and oxygen atoms in total. The minimum absolute atomic E-state index is 0.160. The lowest BCUT2D eigenvalue weighted by Crippen LogP contribution is -2.34. The molecule has 0 amide bonds. The number of carbonyl (C=O) groups is 1. The van der Waals surface area contributed by atoms with Gasteiger partial charge >= 0.3 is 5.97 Å². The molecular weight excluding hydrogens is 306 g/mol. The molecule has 0 aromatic heterocycles. The van der Waals surface area contributed by atoms with Crippen LogP contribution in [0.1, 0.15) is 36.4 Å². The van der Waals surface area contributed by atoms with Crippen molar-refractivity contribution in [3.63, 3.8) is 0 Å². The zero-order valence-corrected chi connectivity index (χ0v) is 12.4. The summed E-state index contributed by atoms with van der Waals surface area (Å²) in [6.07, 6.45) is 4.60. The molecule has 4 heteroatoms. The van der Waals surface area contributed by atoms with Gasteiger partial charge in [-0.05, 0) is 48.8 Å². The molecule has 19 heavy (non-hydrogen) atoms. The predicted molar refractivity (Wildman–Crippen MR) is 77.1 cm³/mol. The van der Waals surface area contributed by atoms with Crippen LogP contribution >= 0.6 is 15.9 Å². The summed E-state index contributed by atoms with van der Waals surface area (Å²) in [5, 5.41) is 9.13. The quantitative estimate of drug-likeness (QED) is 0.904. The Labute approximate surface area is 121 Å². The molecule has 1 atom stereocenters. The summed E-state index contributed by atoms with van der Waals surface area (Å²) in [5.74, 6) is -0.000324. The van der Waals surface area contributed by atoms with Crippen LogP contribution in [0.15, 0.2) is 22.7 Å². The molecular formula is C15H18BrNO2. The Kier molecular flexibility index (Phi) is 3.63. The second kappa shape index (κ2) is 5.25. The molecule has 0 spiro atoms. The van der Waals surface area contributed by atoms with Crippen LogP contribution in [0.5, 0.6) is 0 Å². The van der Waals surface area contributed by atoms with E-state index in [1.807, 2.05) is 0 Å². The first-order valence-corrected chi connectivity index (χ1v) is 7.67. The second-order valence-corrected chi connectivity index (χ2v) is 6.48. The minimum atomic E-state index is -0.718. The molecule has 1 saturated carbocycles. The number of carboxylic acids is 1. The highest BCUT2D eigenvalue weighted by Gasteiger charge is 2.33. The number of aliphatic carboxylic acids is 1. The van der Waals surface area contributed by atoms with Gasteiger partial charge < -0.3 is 5.11 Å². The SMILES string of the molecule is O=C(O)CN(CC1CC1)C1CCc2c(Br)cccc21. The van der Waals surface area contributed by atoms with E-state index in [0.29, 0.717) is 0 Å². The van der Waals surface area contributed by atoms with Crippen LogP contribution in [0.25, 0.3) is 0 Å². The smallest absolute Gasteiger partial charge is 0.317 e. The summed E-state index contributed by atoms with van der Waals surface area (Å²) in [6, 6.07) is 6.56. The fourth-order valence-electron chi connectivity index (χ4n) is 3.07. The standard InChI is InChI=1S/C15H18BrNO2/c16-13-3-1-2-12-11(13)6-7-14(12)17(9-15(18)19)8-10-4-5-10/h1-3,10,14H,4-9H2,(H,18,19). The fraction of sp³-hybridized carbons (Fsp3) is 0.533. The average molecular weight is 324 g/mol. The monoisotopic (exact) mass is 323 g/mol. The number of carboxylic acid groups (broad SMARTS) is 1. The van der Waals surface area contributed by atoms with Gasteiger partial charge in [-0.25, -0.2) is 0 Å². The summed E-state index contributed by atoms with van der Waals surface area (Å²) >= 11 is 3.60. The van der Waals surface area contributed by atoms with E-state index in [1.54, 1.807) is 0 Å². The van der Waals surface area contributed by atoms with Crippen LogP contribution in [0, 0.1) is 5.92 Å². The van der Waals surface area contributed by atoms with Crippen LogP contribution in [-0.4, -0.2) is 29.1 Å². The number of benzene rings is 1. The van der Waals surface area contributed by atoms with Crippen molar-refractivity contribution in [1.29, 1.82) is 0 Å². The van der Waals surface area contributed by atoms with Crippen molar-refractivity contribution < 1.29 is 9.90 Å². The van der Waals surface area contributed by atoms with Gasteiger partial charge in [0.2, 0.25) is 0 Å². The van der Waals surface area contributed by atoms with Gasteiger partial charge in [0, 0.05) is 17.1 Å². The van der Waals surface area contributed by atoms with E-state index < -0.39 is 5.97 Å². The predicted octanol–water partition coefficient (Wildman–Crippen LogP) is 3.23. The molecule has 3 rings (SSSR count). The van der Waals surface area contributed by atoms with Crippen molar-refractivity contribution >= 4 is 21.9 Å². The van der Waals surface area contributed by atoms with Gasteiger partial charge in [-0.1, -0.05) is 28.1 Å². The molecule has 0 radical (unpaired) electrons. The summed E-state index contributed by atoms with van der Waals surface area (Å²) < 4.78 is 1.16. The molecule has 0 bridgehead atoms. The third-order valence-corrected chi connectivity index (χ3v) is 4.89. The fourth-order valence-corrected chi connectivity index (χ4v) is 3.65. The molecule has 1 aromatic rings. The molecule has 0 aliphatic heterocycles. The zero-order valence-electron chi connectivity index (χ0n) is 10.8. The molecule has 1 N–H and O–H groups in total. The van der Waals surface area contributed by atoms with E-state index in [-0.39, 0.29) is 12.6 Å². The van der Waals surface area contributed by atoms with Gasteiger partial charge in [-0.2, -0.15) is 0 Å². The first-order chi connectivity index (χ1) is 9.15. The Morgan fingerprint density at radius 2 is 2.16 bits per heavy atom. The van der Waals surface area contributed by atoms with Gasteiger partial charge in [0.15, 0.2) is 0 Å². The van der Waals surface area contributed by atoms with Crippen molar-refractivity contribution in [1.82, 2.24) is 4.90 Å². The van der Waals surface area contributed by atoms with Crippen LogP contribution in [-0.2, 0) is 11.2 Å². The number of rotatable bonds is 5. The topological polar surface area (TPSA) is 40.5 Å². The second-order valence-electron chi connectivity index (χ2n) is 5.63. The largest absolute Gasteiger partial charge is 0.480 e. The molecule has 2 aliphatic carbocycles. The number of hydrogen-bond acceptors (Lipinski definition) is 2. The van der Waals surface area contributed by atoms with Gasteiger partial charge in [-0.15, -0.1) is 0 Å². The Morgan fingerprint density at radius 3 is 2.84 bits per heavy atom. The summed E-state index contributed by atoms with van der Waals surface area (Å²) in [4.78, 5) is 13.3. The summed E-state index contributed by atoms with van der Waals surface area (Å²) in [7, 11) is 0. The molecule has 0 saturated heterocycles. The van der Waals surface area contributed by atoms with Gasteiger partial charge in [0.25, 0.3) is 0 Å². The highest BCUT2D eigenvalue weighted by molar-refractivity contribution is 9.10. The third-order valence-electron chi connectivity index (χ3n) is 4.15. The van der Waals surface area contributed by atoms with Gasteiger partial charge in [0.1, 0.15) is 0 Å². The molecule has 0 heterocycles. The minimum Gasteiger partial charge on any atom is -0.480 e. The highest BCUT2D eigenvalue weighted by atomic mass is 79.9.